The number of ether oxygens (including phenoxy) is 1. The third kappa shape index (κ3) is 2.02. The lowest BCUT2D eigenvalue weighted by Crippen LogP contribution is -2.42. The second-order valence-electron chi connectivity index (χ2n) is 7.65. The fourth-order valence-electron chi connectivity index (χ4n) is 5.04. The quantitative estimate of drug-likeness (QED) is 0.497. The van der Waals surface area contributed by atoms with Gasteiger partial charge in [-0.05, 0) is 38.8 Å². The minimum Gasteiger partial charge on any atom is -0.396 e. The third-order valence-electron chi connectivity index (χ3n) is 6.18. The molecule has 3 aliphatic rings. The first-order chi connectivity index (χ1) is 12.2. The van der Waals surface area contributed by atoms with E-state index < -0.39 is 28.0 Å². The first-order valence-electron chi connectivity index (χ1n) is 8.68. The van der Waals surface area contributed by atoms with Crippen LogP contribution in [0.15, 0.2) is 18.2 Å². The van der Waals surface area contributed by atoms with Gasteiger partial charge in [0.1, 0.15) is 0 Å². The Bertz CT molecular complexity index is 835. The normalized spacial score (nSPS) is 35.3. The molecule has 0 radical (unpaired) electrons. The molecule has 3 saturated heterocycles. The lowest BCUT2D eigenvalue weighted by molar-refractivity contribution is -0.385. The Morgan fingerprint density at radius 1 is 1.31 bits per heavy atom. The van der Waals surface area contributed by atoms with E-state index in [1.807, 2.05) is 6.92 Å². The van der Waals surface area contributed by atoms with Gasteiger partial charge in [-0.15, -0.1) is 0 Å². The largest absolute Gasteiger partial charge is 0.396 e. The fourth-order valence-corrected chi connectivity index (χ4v) is 5.04. The highest BCUT2D eigenvalue weighted by Crippen LogP contribution is 2.62. The molecule has 1 aromatic carbocycles. The summed E-state index contributed by atoms with van der Waals surface area (Å²) in [6, 6.07) is 4.25. The number of rotatable bonds is 4. The van der Waals surface area contributed by atoms with Crippen molar-refractivity contribution in [3.05, 3.63) is 33.9 Å². The van der Waals surface area contributed by atoms with Crippen molar-refractivity contribution in [2.24, 2.45) is 11.8 Å². The lowest BCUT2D eigenvalue weighted by Gasteiger charge is -2.30. The predicted molar refractivity (Wildman–Crippen MR) is 90.5 cm³/mol. The number of carbonyl (C=O) groups is 2. The molecule has 3 fully saturated rings. The van der Waals surface area contributed by atoms with Crippen LogP contribution in [0.4, 0.5) is 11.4 Å². The fraction of sp³-hybridized carbons (Fsp3) is 0.556. The maximum atomic E-state index is 13.1. The van der Waals surface area contributed by atoms with E-state index in [0.717, 1.165) is 4.90 Å². The number of imide groups is 1. The SMILES string of the molecule is Cc1cc(N2C(=O)[C@@H]3[C@H](C2=O)[C@@]2(C)CC[C@]3(CCO)O2)ccc1[N+](=O)[O-]. The van der Waals surface area contributed by atoms with Gasteiger partial charge in [-0.2, -0.15) is 0 Å². The van der Waals surface area contributed by atoms with E-state index in [4.69, 9.17) is 4.74 Å². The zero-order chi connectivity index (χ0) is 18.9. The van der Waals surface area contributed by atoms with Crippen molar-refractivity contribution >= 4 is 23.2 Å². The molecular formula is C18H20N2O6. The maximum absolute atomic E-state index is 13.1. The summed E-state index contributed by atoms with van der Waals surface area (Å²) in [4.78, 5) is 37.9. The van der Waals surface area contributed by atoms with Crippen LogP contribution in [0.1, 0.15) is 31.7 Å². The Balaban J connectivity index is 1.75. The molecule has 2 amide bonds. The highest BCUT2D eigenvalue weighted by Gasteiger charge is 2.73. The number of aliphatic hydroxyl groups excluding tert-OH is 1. The minimum atomic E-state index is -0.800. The van der Waals surface area contributed by atoms with E-state index in [2.05, 4.69) is 0 Å². The van der Waals surface area contributed by atoms with Gasteiger partial charge in [0, 0.05) is 24.7 Å². The van der Waals surface area contributed by atoms with Crippen LogP contribution in [-0.2, 0) is 14.3 Å². The summed E-state index contributed by atoms with van der Waals surface area (Å²) in [6.07, 6.45) is 1.62. The third-order valence-corrected chi connectivity index (χ3v) is 6.18. The Labute approximate surface area is 149 Å². The molecule has 26 heavy (non-hydrogen) atoms. The van der Waals surface area contributed by atoms with Crippen LogP contribution in [0.5, 0.6) is 0 Å². The average molecular weight is 360 g/mol. The highest BCUT2D eigenvalue weighted by molar-refractivity contribution is 6.23. The molecule has 1 N–H and O–H groups in total. The summed E-state index contributed by atoms with van der Waals surface area (Å²) in [5.41, 5.74) is -0.830. The van der Waals surface area contributed by atoms with E-state index in [9.17, 15) is 24.8 Å². The molecule has 0 saturated carbocycles. The monoisotopic (exact) mass is 360 g/mol. The van der Waals surface area contributed by atoms with E-state index in [1.54, 1.807) is 6.92 Å². The number of amides is 2. The van der Waals surface area contributed by atoms with Crippen molar-refractivity contribution in [3.63, 3.8) is 0 Å². The van der Waals surface area contributed by atoms with Crippen LogP contribution in [-0.4, -0.2) is 39.7 Å². The zero-order valence-corrected chi connectivity index (χ0v) is 14.6. The Morgan fingerprint density at radius 2 is 2.00 bits per heavy atom. The van der Waals surface area contributed by atoms with Crippen LogP contribution in [0, 0.1) is 28.9 Å². The van der Waals surface area contributed by atoms with Gasteiger partial charge in [-0.25, -0.2) is 4.90 Å². The van der Waals surface area contributed by atoms with Crippen molar-refractivity contribution in [1.29, 1.82) is 0 Å². The van der Waals surface area contributed by atoms with Gasteiger partial charge in [0.2, 0.25) is 11.8 Å². The summed E-state index contributed by atoms with van der Waals surface area (Å²) in [5, 5.41) is 20.5. The second-order valence-corrected chi connectivity index (χ2v) is 7.65. The lowest BCUT2D eigenvalue weighted by atomic mass is 9.67. The summed E-state index contributed by atoms with van der Waals surface area (Å²) < 4.78 is 6.14. The Kier molecular flexibility index (Phi) is 3.51. The number of anilines is 1. The van der Waals surface area contributed by atoms with Gasteiger partial charge in [-0.3, -0.25) is 19.7 Å². The van der Waals surface area contributed by atoms with Crippen molar-refractivity contribution in [2.45, 2.75) is 44.3 Å². The predicted octanol–water partition coefficient (Wildman–Crippen LogP) is 1.71. The topological polar surface area (TPSA) is 110 Å². The number of aliphatic hydroxyl groups is 1. The summed E-state index contributed by atoms with van der Waals surface area (Å²) >= 11 is 0. The number of carbonyl (C=O) groups excluding carboxylic acids is 2. The molecule has 4 atom stereocenters. The molecular weight excluding hydrogens is 340 g/mol. The van der Waals surface area contributed by atoms with Crippen molar-refractivity contribution in [2.75, 3.05) is 11.5 Å². The van der Waals surface area contributed by atoms with Gasteiger partial charge in [0.05, 0.1) is 33.6 Å². The molecule has 8 heteroatoms. The molecule has 2 bridgehead atoms. The molecule has 0 unspecified atom stereocenters. The van der Waals surface area contributed by atoms with Gasteiger partial charge in [0.15, 0.2) is 0 Å². The first-order valence-corrected chi connectivity index (χ1v) is 8.68. The number of hydrogen-bond donors (Lipinski definition) is 1. The molecule has 0 aromatic heterocycles. The average Bonchev–Trinajstić information content (AvgIpc) is 3.13. The number of hydrogen-bond acceptors (Lipinski definition) is 6. The highest BCUT2D eigenvalue weighted by atomic mass is 16.6. The number of nitro groups is 1. The van der Waals surface area contributed by atoms with Crippen LogP contribution in [0.2, 0.25) is 0 Å². The second kappa shape index (κ2) is 5.34. The van der Waals surface area contributed by atoms with Crippen LogP contribution in [0.25, 0.3) is 0 Å². The molecule has 0 spiro atoms. The molecule has 0 aliphatic carbocycles. The molecule has 138 valence electrons. The Hall–Kier alpha value is -2.32. The van der Waals surface area contributed by atoms with Gasteiger partial charge < -0.3 is 9.84 Å². The summed E-state index contributed by atoms with van der Waals surface area (Å²) in [5.74, 6) is -1.86. The smallest absolute Gasteiger partial charge is 0.272 e. The number of benzene rings is 1. The molecule has 8 nitrogen and oxygen atoms in total. The van der Waals surface area contributed by atoms with Gasteiger partial charge >= 0.3 is 0 Å². The standard InChI is InChI=1S/C18H20N2O6/c1-10-9-11(3-4-12(10)20(24)25)19-15(22)13-14(16(19)23)18(7-8-21)6-5-17(13,2)26-18/h3-4,9,13-14,21H,5-8H2,1-2H3/t13-,14+,17-,18-/m1/s1. The molecule has 3 aliphatic heterocycles. The molecule has 3 heterocycles. The van der Waals surface area contributed by atoms with Crippen LogP contribution < -0.4 is 4.90 Å². The van der Waals surface area contributed by atoms with Crippen molar-refractivity contribution < 1.29 is 24.4 Å². The Morgan fingerprint density at radius 3 is 2.62 bits per heavy atom. The van der Waals surface area contributed by atoms with Crippen molar-refractivity contribution in [1.82, 2.24) is 0 Å². The van der Waals surface area contributed by atoms with E-state index >= 15 is 0 Å². The van der Waals surface area contributed by atoms with E-state index in [0.29, 0.717) is 30.5 Å². The number of aryl methyl sites for hydroxylation is 1. The van der Waals surface area contributed by atoms with Gasteiger partial charge in [0.25, 0.3) is 5.69 Å². The summed E-state index contributed by atoms with van der Waals surface area (Å²) in [7, 11) is 0. The minimum absolute atomic E-state index is 0.0554. The van der Waals surface area contributed by atoms with Gasteiger partial charge in [-0.1, -0.05) is 0 Å². The number of nitro benzene ring substituents is 1. The molecule has 1 aromatic rings. The first kappa shape index (κ1) is 17.1. The zero-order valence-electron chi connectivity index (χ0n) is 14.6. The maximum Gasteiger partial charge on any atom is 0.272 e. The van der Waals surface area contributed by atoms with Crippen LogP contribution in [0.3, 0.4) is 0 Å². The summed E-state index contributed by atoms with van der Waals surface area (Å²) in [6.45, 7) is 3.32. The van der Waals surface area contributed by atoms with Crippen molar-refractivity contribution in [3.8, 4) is 0 Å². The van der Waals surface area contributed by atoms with Crippen LogP contribution >= 0.6 is 0 Å². The number of nitrogens with zero attached hydrogens (tertiary/aromatic N) is 2. The van der Waals surface area contributed by atoms with E-state index in [-0.39, 0.29) is 24.1 Å². The number of fused-ring (bicyclic) bond motifs is 5. The molecule has 4 rings (SSSR count). The van der Waals surface area contributed by atoms with E-state index in [1.165, 1.54) is 18.2 Å².